The summed E-state index contributed by atoms with van der Waals surface area (Å²) in [6, 6.07) is 15.3. The van der Waals surface area contributed by atoms with Gasteiger partial charge in [0.05, 0.1) is 18.4 Å². The number of hydrogen-bond donors (Lipinski definition) is 1. The number of piperazine rings is 1. The number of aliphatic hydroxyl groups excluding tert-OH is 1. The number of halogens is 1. The van der Waals surface area contributed by atoms with Crippen molar-refractivity contribution in [3.8, 4) is 5.75 Å². The number of allylic oxidation sites excluding steroid dienone is 1. The van der Waals surface area contributed by atoms with Gasteiger partial charge in [0.15, 0.2) is 5.78 Å². The highest BCUT2D eigenvalue weighted by Crippen LogP contribution is 2.30. The molecule has 0 saturated carbocycles. The number of aliphatic hydroxyl groups is 1. The minimum absolute atomic E-state index is 0. The van der Waals surface area contributed by atoms with E-state index in [1.54, 1.807) is 25.3 Å². The van der Waals surface area contributed by atoms with Gasteiger partial charge < -0.3 is 14.7 Å². The van der Waals surface area contributed by atoms with Crippen molar-refractivity contribution in [2.45, 2.75) is 6.42 Å². The van der Waals surface area contributed by atoms with Gasteiger partial charge in [-0.15, -0.1) is 12.4 Å². The molecular formula is C24H28ClN3O3. The minimum Gasteiger partial charge on any atom is -0.506 e. The molecule has 0 atom stereocenters. The summed E-state index contributed by atoms with van der Waals surface area (Å²) in [6.07, 6.45) is 2.44. The molecule has 0 aromatic heterocycles. The molecule has 1 saturated heterocycles. The Morgan fingerprint density at radius 3 is 2.42 bits per heavy atom. The molecule has 0 unspecified atom stereocenters. The van der Waals surface area contributed by atoms with Crippen LogP contribution in [-0.2, 0) is 0 Å². The second-order valence-corrected chi connectivity index (χ2v) is 7.53. The lowest BCUT2D eigenvalue weighted by Crippen LogP contribution is -2.46. The Morgan fingerprint density at radius 1 is 1.03 bits per heavy atom. The van der Waals surface area contributed by atoms with Crippen LogP contribution in [0.1, 0.15) is 22.3 Å². The molecule has 1 aliphatic heterocycles. The molecule has 0 spiro atoms. The number of ether oxygens (including phenoxy) is 1. The number of carbonyl (C=O) groups excluding carboxylic acids is 1. The molecule has 2 aliphatic rings. The van der Waals surface area contributed by atoms with Crippen LogP contribution in [0.25, 0.3) is 5.76 Å². The average molecular weight is 442 g/mol. The van der Waals surface area contributed by atoms with Gasteiger partial charge in [0.2, 0.25) is 0 Å². The molecule has 1 aliphatic carbocycles. The highest BCUT2D eigenvalue weighted by atomic mass is 35.5. The number of rotatable bonds is 7. The average Bonchev–Trinajstić information content (AvgIpc) is 3.04. The SMILES string of the molecule is COc1ccccc1N1CCN(CCCN=CC2=C(O)c3ccccc3C2=O)CC1.Cl. The molecule has 6 nitrogen and oxygen atoms in total. The van der Waals surface area contributed by atoms with Gasteiger partial charge in [0.25, 0.3) is 0 Å². The molecule has 1 N–H and O–H groups in total. The largest absolute Gasteiger partial charge is 0.506 e. The van der Waals surface area contributed by atoms with Crippen LogP contribution in [-0.4, -0.2) is 68.4 Å². The number of carbonyl (C=O) groups is 1. The molecule has 4 rings (SSSR count). The lowest BCUT2D eigenvalue weighted by molar-refractivity contribution is 0.104. The predicted octanol–water partition coefficient (Wildman–Crippen LogP) is 3.87. The third-order valence-corrected chi connectivity index (χ3v) is 5.71. The maximum absolute atomic E-state index is 12.4. The zero-order chi connectivity index (χ0) is 20.9. The Morgan fingerprint density at radius 2 is 1.71 bits per heavy atom. The van der Waals surface area contributed by atoms with Crippen molar-refractivity contribution >= 4 is 35.9 Å². The number of anilines is 1. The summed E-state index contributed by atoms with van der Waals surface area (Å²) < 4.78 is 5.48. The molecule has 1 heterocycles. The topological polar surface area (TPSA) is 65.4 Å². The van der Waals surface area contributed by atoms with E-state index in [1.165, 1.54) is 6.21 Å². The normalized spacial score (nSPS) is 16.5. The fourth-order valence-electron chi connectivity index (χ4n) is 4.05. The first-order valence-electron chi connectivity index (χ1n) is 10.4. The first-order chi connectivity index (χ1) is 14.7. The van der Waals surface area contributed by atoms with E-state index in [0.717, 1.165) is 50.6 Å². The van der Waals surface area contributed by atoms with Gasteiger partial charge in [-0.3, -0.25) is 14.7 Å². The van der Waals surface area contributed by atoms with Crippen molar-refractivity contribution in [2.75, 3.05) is 51.3 Å². The van der Waals surface area contributed by atoms with Crippen LogP contribution in [0.5, 0.6) is 5.75 Å². The van der Waals surface area contributed by atoms with Crippen molar-refractivity contribution in [2.24, 2.45) is 4.99 Å². The van der Waals surface area contributed by atoms with E-state index in [9.17, 15) is 9.90 Å². The zero-order valence-electron chi connectivity index (χ0n) is 17.7. The van der Waals surface area contributed by atoms with Crippen molar-refractivity contribution < 1.29 is 14.6 Å². The fraction of sp³-hybridized carbons (Fsp3) is 0.333. The summed E-state index contributed by atoms with van der Waals surface area (Å²) in [5, 5.41) is 10.3. The van der Waals surface area contributed by atoms with Gasteiger partial charge in [-0.25, -0.2) is 0 Å². The monoisotopic (exact) mass is 441 g/mol. The lowest BCUT2D eigenvalue weighted by Gasteiger charge is -2.36. The van der Waals surface area contributed by atoms with Crippen LogP contribution >= 0.6 is 12.4 Å². The molecule has 0 radical (unpaired) electrons. The van der Waals surface area contributed by atoms with Crippen LogP contribution in [0.15, 0.2) is 59.1 Å². The first-order valence-corrected chi connectivity index (χ1v) is 10.4. The van der Waals surface area contributed by atoms with Crippen LogP contribution in [0.3, 0.4) is 0 Å². The Labute approximate surface area is 189 Å². The molecular weight excluding hydrogens is 414 g/mol. The zero-order valence-corrected chi connectivity index (χ0v) is 18.5. The number of benzene rings is 2. The fourth-order valence-corrected chi connectivity index (χ4v) is 4.05. The summed E-state index contributed by atoms with van der Waals surface area (Å²) in [7, 11) is 1.71. The smallest absolute Gasteiger partial charge is 0.199 e. The van der Waals surface area contributed by atoms with Gasteiger partial charge in [0, 0.05) is 56.6 Å². The second-order valence-electron chi connectivity index (χ2n) is 7.53. The van der Waals surface area contributed by atoms with Crippen molar-refractivity contribution in [1.82, 2.24) is 4.90 Å². The number of hydrogen-bond acceptors (Lipinski definition) is 6. The predicted molar refractivity (Wildman–Crippen MR) is 127 cm³/mol. The van der Waals surface area contributed by atoms with E-state index in [-0.39, 0.29) is 23.9 Å². The Bertz CT molecular complexity index is 982. The Hall–Kier alpha value is -2.83. The van der Waals surface area contributed by atoms with E-state index >= 15 is 0 Å². The Kier molecular flexibility index (Phi) is 7.71. The number of fused-ring (bicyclic) bond motifs is 1. The summed E-state index contributed by atoms with van der Waals surface area (Å²) in [4.78, 5) is 21.6. The van der Waals surface area contributed by atoms with Gasteiger partial charge in [-0.1, -0.05) is 36.4 Å². The van der Waals surface area contributed by atoms with E-state index < -0.39 is 0 Å². The van der Waals surface area contributed by atoms with Crippen molar-refractivity contribution in [3.05, 3.63) is 65.2 Å². The van der Waals surface area contributed by atoms with E-state index in [2.05, 4.69) is 20.9 Å². The standard InChI is InChI=1S/C24H27N3O3.ClH/c1-30-22-10-5-4-9-21(22)27-15-13-26(14-16-27)12-6-11-25-17-20-23(28)18-7-2-3-8-19(18)24(20)29;/h2-5,7-10,17,28H,6,11-16H2,1H3;1H. The van der Waals surface area contributed by atoms with E-state index in [1.807, 2.05) is 24.3 Å². The first kappa shape index (κ1) is 22.8. The minimum atomic E-state index is -0.153. The Balaban J connectivity index is 0.00000272. The van der Waals surface area contributed by atoms with Crippen LogP contribution < -0.4 is 9.64 Å². The third kappa shape index (κ3) is 4.92. The maximum atomic E-state index is 12.4. The van der Waals surface area contributed by atoms with Crippen LogP contribution in [0.2, 0.25) is 0 Å². The number of ketones is 1. The summed E-state index contributed by atoms with van der Waals surface area (Å²) in [5.74, 6) is 0.799. The highest BCUT2D eigenvalue weighted by Gasteiger charge is 2.27. The van der Waals surface area contributed by atoms with Crippen molar-refractivity contribution in [1.29, 1.82) is 0 Å². The van der Waals surface area contributed by atoms with Gasteiger partial charge in [-0.2, -0.15) is 0 Å². The molecule has 1 fully saturated rings. The number of aliphatic imine (C=N–C) groups is 1. The van der Waals surface area contributed by atoms with Crippen LogP contribution in [0.4, 0.5) is 5.69 Å². The third-order valence-electron chi connectivity index (χ3n) is 5.71. The van der Waals surface area contributed by atoms with E-state index in [0.29, 0.717) is 23.2 Å². The molecule has 2 aromatic rings. The summed E-state index contributed by atoms with van der Waals surface area (Å²) in [5.41, 5.74) is 2.59. The summed E-state index contributed by atoms with van der Waals surface area (Å²) >= 11 is 0. The number of para-hydroxylation sites is 2. The summed E-state index contributed by atoms with van der Waals surface area (Å²) in [6.45, 7) is 5.54. The molecule has 7 heteroatoms. The highest BCUT2D eigenvalue weighted by molar-refractivity contribution is 6.30. The van der Waals surface area contributed by atoms with E-state index in [4.69, 9.17) is 4.74 Å². The number of methoxy groups -OCH3 is 1. The number of nitrogens with zero attached hydrogens (tertiary/aromatic N) is 3. The van der Waals surface area contributed by atoms with Crippen molar-refractivity contribution in [3.63, 3.8) is 0 Å². The lowest BCUT2D eigenvalue weighted by atomic mass is 10.1. The van der Waals surface area contributed by atoms with Gasteiger partial charge >= 0.3 is 0 Å². The molecule has 31 heavy (non-hydrogen) atoms. The molecule has 0 amide bonds. The quantitative estimate of drug-likeness (QED) is 0.522. The maximum Gasteiger partial charge on any atom is 0.199 e. The second kappa shape index (κ2) is 10.5. The van der Waals surface area contributed by atoms with Crippen LogP contribution in [0, 0.1) is 0 Å². The number of Topliss-reactive ketones (excluding diaryl/α,β-unsaturated/α-hetero) is 1. The molecule has 0 bridgehead atoms. The molecule has 164 valence electrons. The van der Waals surface area contributed by atoms with Gasteiger partial charge in [-0.05, 0) is 18.6 Å². The molecule has 2 aromatic carbocycles. The van der Waals surface area contributed by atoms with Gasteiger partial charge in [0.1, 0.15) is 11.5 Å².